The summed E-state index contributed by atoms with van der Waals surface area (Å²) in [5.74, 6) is 3.19. The van der Waals surface area contributed by atoms with Gasteiger partial charge in [-0.3, -0.25) is 4.79 Å². The first-order chi connectivity index (χ1) is 16.0. The largest absolute Gasteiger partial charge is 0.496 e. The van der Waals surface area contributed by atoms with Crippen LogP contribution in [0.4, 0.5) is 0 Å². The lowest BCUT2D eigenvalue weighted by Crippen LogP contribution is -2.15. The van der Waals surface area contributed by atoms with Gasteiger partial charge in [-0.15, -0.1) is 0 Å². The van der Waals surface area contributed by atoms with Crippen LogP contribution in [0, 0.1) is 0 Å². The molecule has 1 heterocycles. The molecule has 0 aromatic heterocycles. The van der Waals surface area contributed by atoms with Gasteiger partial charge in [0, 0.05) is 11.1 Å². The van der Waals surface area contributed by atoms with Crippen molar-refractivity contribution in [2.24, 2.45) is 0 Å². The van der Waals surface area contributed by atoms with E-state index in [2.05, 4.69) is 26.0 Å². The summed E-state index contributed by atoms with van der Waals surface area (Å²) in [6.07, 6.45) is 3.35. The molecule has 3 aromatic carbocycles. The topological polar surface area (TPSA) is 54.0 Å². The lowest BCUT2D eigenvalue weighted by Gasteiger charge is -2.18. The molecule has 0 fully saturated rings. The van der Waals surface area contributed by atoms with E-state index in [0.717, 1.165) is 22.6 Å². The average Bonchev–Trinajstić information content (AvgIpc) is 2.86. The van der Waals surface area contributed by atoms with Crippen molar-refractivity contribution in [3.63, 3.8) is 0 Å². The Morgan fingerprint density at radius 2 is 1.73 bits per heavy atom. The van der Waals surface area contributed by atoms with Gasteiger partial charge in [0.1, 0.15) is 31.3 Å². The van der Waals surface area contributed by atoms with Crippen LogP contribution in [0.3, 0.4) is 0 Å². The van der Waals surface area contributed by atoms with Crippen LogP contribution in [0.15, 0.2) is 66.7 Å². The van der Waals surface area contributed by atoms with Crippen LogP contribution in [0.25, 0.3) is 6.08 Å². The minimum atomic E-state index is -0.106. The van der Waals surface area contributed by atoms with Crippen molar-refractivity contribution in [1.82, 2.24) is 0 Å². The highest BCUT2D eigenvalue weighted by Gasteiger charge is 2.14. The second kappa shape index (κ2) is 10.3. The molecule has 4 rings (SSSR count). The second-order valence-corrected chi connectivity index (χ2v) is 8.14. The fourth-order valence-electron chi connectivity index (χ4n) is 3.59. The normalized spacial score (nSPS) is 12.7. The van der Waals surface area contributed by atoms with Crippen LogP contribution in [-0.2, 0) is 6.61 Å². The number of hydrogen-bond acceptors (Lipinski definition) is 5. The van der Waals surface area contributed by atoms with Crippen LogP contribution in [0.5, 0.6) is 23.0 Å². The Balaban J connectivity index is 1.45. The standard InChI is InChI=1S/C28H28O5/c1-19(2)21-6-9-24(10-7-21)33-18-23-16-20(5-12-26(23)30-3)4-11-25(29)22-8-13-27-28(17-22)32-15-14-31-27/h4-13,16-17,19H,14-15,18H2,1-3H3/b11-4+. The Morgan fingerprint density at radius 3 is 2.45 bits per heavy atom. The number of hydrogen-bond donors (Lipinski definition) is 0. The van der Waals surface area contributed by atoms with E-state index in [9.17, 15) is 4.79 Å². The molecule has 3 aromatic rings. The number of carbonyl (C=O) groups excluding carboxylic acids is 1. The fourth-order valence-corrected chi connectivity index (χ4v) is 3.59. The molecule has 33 heavy (non-hydrogen) atoms. The maximum atomic E-state index is 12.7. The SMILES string of the molecule is COc1ccc(/C=C/C(=O)c2ccc3c(c2)OCCO3)cc1COc1ccc(C(C)C)cc1. The predicted octanol–water partition coefficient (Wildman–Crippen LogP) is 6.06. The van der Waals surface area contributed by atoms with Crippen molar-refractivity contribution < 1.29 is 23.7 Å². The Kier molecular flexibility index (Phi) is 6.98. The van der Waals surface area contributed by atoms with E-state index >= 15 is 0 Å². The highest BCUT2D eigenvalue weighted by atomic mass is 16.6. The molecule has 0 aliphatic carbocycles. The maximum absolute atomic E-state index is 12.7. The molecule has 0 radical (unpaired) electrons. The quantitative estimate of drug-likeness (QED) is 0.312. The number of ketones is 1. The van der Waals surface area contributed by atoms with E-state index in [0.29, 0.717) is 42.8 Å². The first kappa shape index (κ1) is 22.5. The van der Waals surface area contributed by atoms with Crippen molar-refractivity contribution >= 4 is 11.9 Å². The molecular weight excluding hydrogens is 416 g/mol. The third-order valence-corrected chi connectivity index (χ3v) is 5.50. The third kappa shape index (κ3) is 5.55. The van der Waals surface area contributed by atoms with E-state index < -0.39 is 0 Å². The van der Waals surface area contributed by atoms with Gasteiger partial charge < -0.3 is 18.9 Å². The summed E-state index contributed by atoms with van der Waals surface area (Å²) in [6, 6.07) is 19.1. The molecule has 0 atom stereocenters. The smallest absolute Gasteiger partial charge is 0.185 e. The molecular formula is C28H28O5. The van der Waals surface area contributed by atoms with Gasteiger partial charge in [0.2, 0.25) is 0 Å². The molecule has 5 nitrogen and oxygen atoms in total. The number of fused-ring (bicyclic) bond motifs is 1. The van der Waals surface area contributed by atoms with E-state index in [4.69, 9.17) is 18.9 Å². The summed E-state index contributed by atoms with van der Waals surface area (Å²) >= 11 is 0. The summed E-state index contributed by atoms with van der Waals surface area (Å²) in [7, 11) is 1.64. The van der Waals surface area contributed by atoms with Crippen LogP contribution in [0.1, 0.15) is 46.8 Å². The summed E-state index contributed by atoms with van der Waals surface area (Å²) in [5.41, 5.74) is 3.61. The lowest BCUT2D eigenvalue weighted by atomic mass is 10.0. The predicted molar refractivity (Wildman–Crippen MR) is 129 cm³/mol. The van der Waals surface area contributed by atoms with Crippen molar-refractivity contribution in [1.29, 1.82) is 0 Å². The van der Waals surface area contributed by atoms with Crippen molar-refractivity contribution in [3.05, 3.63) is 89.0 Å². The van der Waals surface area contributed by atoms with Crippen LogP contribution < -0.4 is 18.9 Å². The third-order valence-electron chi connectivity index (χ3n) is 5.50. The zero-order valence-electron chi connectivity index (χ0n) is 19.2. The van der Waals surface area contributed by atoms with Crippen LogP contribution in [-0.4, -0.2) is 26.1 Å². The average molecular weight is 445 g/mol. The zero-order chi connectivity index (χ0) is 23.2. The van der Waals surface area contributed by atoms with E-state index in [1.54, 1.807) is 37.5 Å². The molecule has 0 spiro atoms. The van der Waals surface area contributed by atoms with E-state index in [-0.39, 0.29) is 5.78 Å². The summed E-state index contributed by atoms with van der Waals surface area (Å²) in [6.45, 7) is 5.70. The number of ether oxygens (including phenoxy) is 4. The minimum absolute atomic E-state index is 0.106. The number of rotatable bonds is 8. The number of carbonyl (C=O) groups is 1. The number of allylic oxidation sites excluding steroid dienone is 1. The van der Waals surface area contributed by atoms with Gasteiger partial charge in [-0.1, -0.05) is 38.1 Å². The molecule has 1 aliphatic rings. The minimum Gasteiger partial charge on any atom is -0.496 e. The maximum Gasteiger partial charge on any atom is 0.185 e. The number of benzene rings is 3. The Hall–Kier alpha value is -3.73. The van der Waals surface area contributed by atoms with Gasteiger partial charge in [0.05, 0.1) is 7.11 Å². The summed E-state index contributed by atoms with van der Waals surface area (Å²) in [5, 5.41) is 0. The molecule has 0 saturated heterocycles. The van der Waals surface area contributed by atoms with Crippen molar-refractivity contribution in [2.75, 3.05) is 20.3 Å². The van der Waals surface area contributed by atoms with Gasteiger partial charge in [-0.25, -0.2) is 0 Å². The van der Waals surface area contributed by atoms with E-state index in [1.165, 1.54) is 5.56 Å². The molecule has 0 N–H and O–H groups in total. The Labute approximate surface area is 194 Å². The highest BCUT2D eigenvalue weighted by Crippen LogP contribution is 2.31. The monoisotopic (exact) mass is 444 g/mol. The number of methoxy groups -OCH3 is 1. The van der Waals surface area contributed by atoms with Gasteiger partial charge >= 0.3 is 0 Å². The van der Waals surface area contributed by atoms with Gasteiger partial charge in [-0.2, -0.15) is 0 Å². The van der Waals surface area contributed by atoms with Gasteiger partial charge in [-0.05, 0) is 65.6 Å². The summed E-state index contributed by atoms with van der Waals surface area (Å²) < 4.78 is 22.6. The molecule has 0 unspecified atom stereocenters. The Morgan fingerprint density at radius 1 is 0.970 bits per heavy atom. The molecule has 0 saturated carbocycles. The molecule has 1 aliphatic heterocycles. The first-order valence-corrected chi connectivity index (χ1v) is 11.0. The van der Waals surface area contributed by atoms with Gasteiger partial charge in [0.25, 0.3) is 0 Å². The summed E-state index contributed by atoms with van der Waals surface area (Å²) in [4.78, 5) is 12.7. The van der Waals surface area contributed by atoms with Crippen LogP contribution >= 0.6 is 0 Å². The molecule has 0 amide bonds. The molecule has 5 heteroatoms. The Bertz CT molecular complexity index is 1150. The van der Waals surface area contributed by atoms with Crippen molar-refractivity contribution in [3.8, 4) is 23.0 Å². The zero-order valence-corrected chi connectivity index (χ0v) is 19.2. The van der Waals surface area contributed by atoms with Gasteiger partial charge in [0.15, 0.2) is 17.3 Å². The van der Waals surface area contributed by atoms with Crippen LogP contribution in [0.2, 0.25) is 0 Å². The second-order valence-electron chi connectivity index (χ2n) is 8.14. The highest BCUT2D eigenvalue weighted by molar-refractivity contribution is 6.07. The van der Waals surface area contributed by atoms with E-state index in [1.807, 2.05) is 30.3 Å². The lowest BCUT2D eigenvalue weighted by molar-refractivity contribution is 0.104. The molecule has 0 bridgehead atoms. The first-order valence-electron chi connectivity index (χ1n) is 11.0. The fraction of sp³-hybridized carbons (Fsp3) is 0.250. The van der Waals surface area contributed by atoms with Crippen molar-refractivity contribution in [2.45, 2.75) is 26.4 Å². The molecule has 170 valence electrons.